The molecule has 10 nitrogen and oxygen atoms in total. The number of anilines is 2. The summed E-state index contributed by atoms with van der Waals surface area (Å²) in [4.78, 5) is 36.8. The Kier molecular flexibility index (Phi) is 5.34. The quantitative estimate of drug-likeness (QED) is 0.463. The fraction of sp³-hybridized carbons (Fsp3) is 0.353. The molecule has 142 valence electrons. The number of rotatable bonds is 6. The van der Waals surface area contributed by atoms with Gasteiger partial charge in [-0.2, -0.15) is 0 Å². The third kappa shape index (κ3) is 4.40. The molecule has 1 amide bonds. The number of ether oxygens (including phenoxy) is 1. The Hall–Kier alpha value is -3.43. The summed E-state index contributed by atoms with van der Waals surface area (Å²) in [6.45, 7) is 2.65. The topological polar surface area (TPSA) is 128 Å². The second kappa shape index (κ2) is 7.85. The zero-order valence-electron chi connectivity index (χ0n) is 14.6. The summed E-state index contributed by atoms with van der Waals surface area (Å²) in [5, 5.41) is 17.1. The maximum atomic E-state index is 12.5. The number of esters is 1. The van der Waals surface area contributed by atoms with Crippen molar-refractivity contribution in [3.05, 3.63) is 45.6 Å². The summed E-state index contributed by atoms with van der Waals surface area (Å²) < 4.78 is 9.89. The van der Waals surface area contributed by atoms with Gasteiger partial charge in [-0.05, 0) is 25.8 Å². The first-order valence-corrected chi connectivity index (χ1v) is 8.38. The summed E-state index contributed by atoms with van der Waals surface area (Å²) >= 11 is 0. The minimum Gasteiger partial charge on any atom is -0.452 e. The summed E-state index contributed by atoms with van der Waals surface area (Å²) in [5.74, 6) is -1.26. The molecule has 10 heteroatoms. The van der Waals surface area contributed by atoms with E-state index in [4.69, 9.17) is 9.26 Å². The minimum absolute atomic E-state index is 0.0643. The van der Waals surface area contributed by atoms with Crippen LogP contribution in [0, 0.1) is 17.0 Å². The van der Waals surface area contributed by atoms with Crippen LogP contribution in [0.15, 0.2) is 28.8 Å². The van der Waals surface area contributed by atoms with E-state index >= 15 is 0 Å². The number of aromatic nitrogens is 1. The molecule has 0 aliphatic carbocycles. The monoisotopic (exact) mass is 374 g/mol. The highest BCUT2D eigenvalue weighted by Crippen LogP contribution is 2.29. The van der Waals surface area contributed by atoms with Crippen molar-refractivity contribution in [1.82, 2.24) is 5.16 Å². The first-order valence-electron chi connectivity index (χ1n) is 8.38. The van der Waals surface area contributed by atoms with Gasteiger partial charge in [-0.3, -0.25) is 20.2 Å². The van der Waals surface area contributed by atoms with Crippen LogP contribution in [0.1, 0.15) is 28.9 Å². The van der Waals surface area contributed by atoms with Crippen LogP contribution < -0.4 is 10.2 Å². The lowest BCUT2D eigenvalue weighted by Crippen LogP contribution is -2.24. The number of carbonyl (C=O) groups excluding carboxylic acids is 2. The predicted octanol–water partition coefficient (Wildman–Crippen LogP) is 2.29. The molecule has 1 aromatic carbocycles. The Labute approximate surface area is 154 Å². The highest BCUT2D eigenvalue weighted by Gasteiger charge is 2.24. The Morgan fingerprint density at radius 3 is 2.70 bits per heavy atom. The number of benzene rings is 1. The van der Waals surface area contributed by atoms with Gasteiger partial charge in [0.05, 0.1) is 21.9 Å². The van der Waals surface area contributed by atoms with E-state index in [9.17, 15) is 19.7 Å². The van der Waals surface area contributed by atoms with Crippen molar-refractivity contribution in [2.75, 3.05) is 29.9 Å². The third-order valence-electron chi connectivity index (χ3n) is 4.08. The zero-order valence-corrected chi connectivity index (χ0v) is 14.6. The number of non-ortho nitro benzene ring substituents is 1. The molecule has 2 heterocycles. The van der Waals surface area contributed by atoms with Crippen LogP contribution in [0.4, 0.5) is 17.3 Å². The molecular formula is C17H18N4O6. The smallest absolute Gasteiger partial charge is 0.341 e. The van der Waals surface area contributed by atoms with E-state index in [1.165, 1.54) is 24.3 Å². The van der Waals surface area contributed by atoms with Gasteiger partial charge >= 0.3 is 5.97 Å². The molecule has 0 atom stereocenters. The first-order chi connectivity index (χ1) is 12.9. The summed E-state index contributed by atoms with van der Waals surface area (Å²) in [6, 6.07) is 5.58. The molecule has 0 bridgehead atoms. The molecule has 0 radical (unpaired) electrons. The molecule has 3 rings (SSSR count). The van der Waals surface area contributed by atoms with E-state index in [0.717, 1.165) is 25.9 Å². The van der Waals surface area contributed by atoms with Gasteiger partial charge in [-0.15, -0.1) is 0 Å². The molecule has 0 spiro atoms. The molecule has 27 heavy (non-hydrogen) atoms. The van der Waals surface area contributed by atoms with Crippen molar-refractivity contribution in [3.8, 4) is 0 Å². The van der Waals surface area contributed by atoms with Crippen LogP contribution in [-0.4, -0.2) is 41.7 Å². The largest absolute Gasteiger partial charge is 0.452 e. The average Bonchev–Trinajstić information content (AvgIpc) is 3.31. The van der Waals surface area contributed by atoms with Crippen LogP contribution in [0.5, 0.6) is 0 Å². The van der Waals surface area contributed by atoms with Gasteiger partial charge < -0.3 is 14.2 Å². The Morgan fingerprint density at radius 1 is 1.33 bits per heavy atom. The third-order valence-corrected chi connectivity index (χ3v) is 4.08. The van der Waals surface area contributed by atoms with E-state index in [1.807, 2.05) is 4.90 Å². The predicted molar refractivity (Wildman–Crippen MR) is 94.7 cm³/mol. The SMILES string of the molecule is Cc1cc(NC(=O)COC(=O)c2cc([N+](=O)[O-])ccc2N2CCCC2)on1. The molecule has 1 aliphatic heterocycles. The molecule has 0 saturated carbocycles. The number of nitrogens with one attached hydrogen (secondary N) is 1. The maximum Gasteiger partial charge on any atom is 0.341 e. The van der Waals surface area contributed by atoms with E-state index in [2.05, 4.69) is 10.5 Å². The van der Waals surface area contributed by atoms with Crippen LogP contribution in [0.25, 0.3) is 0 Å². The number of aryl methyl sites for hydroxylation is 1. The normalized spacial score (nSPS) is 13.4. The second-order valence-electron chi connectivity index (χ2n) is 6.11. The van der Waals surface area contributed by atoms with Gasteiger partial charge in [-0.25, -0.2) is 4.79 Å². The molecule has 1 N–H and O–H groups in total. The number of hydrogen-bond acceptors (Lipinski definition) is 8. The highest BCUT2D eigenvalue weighted by molar-refractivity contribution is 5.99. The van der Waals surface area contributed by atoms with Gasteiger partial charge in [0.2, 0.25) is 5.88 Å². The van der Waals surface area contributed by atoms with Crippen LogP contribution in [0.3, 0.4) is 0 Å². The number of carbonyl (C=O) groups is 2. The Bertz CT molecular complexity index is 872. The van der Waals surface area contributed by atoms with Gasteiger partial charge in [0, 0.05) is 31.3 Å². The van der Waals surface area contributed by atoms with E-state index in [1.54, 1.807) is 6.92 Å². The molecular weight excluding hydrogens is 356 g/mol. The number of amides is 1. The van der Waals surface area contributed by atoms with Gasteiger partial charge in [0.15, 0.2) is 6.61 Å². The molecule has 1 saturated heterocycles. The average molecular weight is 374 g/mol. The molecule has 1 fully saturated rings. The summed E-state index contributed by atoms with van der Waals surface area (Å²) in [5.41, 5.74) is 1.00. The van der Waals surface area contributed by atoms with Crippen LogP contribution in [0.2, 0.25) is 0 Å². The van der Waals surface area contributed by atoms with Crippen molar-refractivity contribution in [1.29, 1.82) is 0 Å². The van der Waals surface area contributed by atoms with E-state index in [0.29, 0.717) is 11.4 Å². The fourth-order valence-electron chi connectivity index (χ4n) is 2.84. The van der Waals surface area contributed by atoms with Crippen molar-refractivity contribution >= 4 is 29.1 Å². The van der Waals surface area contributed by atoms with Crippen LogP contribution >= 0.6 is 0 Å². The van der Waals surface area contributed by atoms with Gasteiger partial charge in [-0.1, -0.05) is 5.16 Å². The number of hydrogen-bond donors (Lipinski definition) is 1. The molecule has 2 aromatic rings. The Morgan fingerprint density at radius 2 is 2.07 bits per heavy atom. The van der Waals surface area contributed by atoms with Crippen molar-refractivity contribution in [2.45, 2.75) is 19.8 Å². The highest BCUT2D eigenvalue weighted by atomic mass is 16.6. The van der Waals surface area contributed by atoms with E-state index < -0.39 is 23.4 Å². The zero-order chi connectivity index (χ0) is 19.4. The van der Waals surface area contributed by atoms with E-state index in [-0.39, 0.29) is 17.1 Å². The van der Waals surface area contributed by atoms with Gasteiger partial charge in [0.1, 0.15) is 0 Å². The lowest BCUT2D eigenvalue weighted by molar-refractivity contribution is -0.384. The van der Waals surface area contributed by atoms with Crippen molar-refractivity contribution in [2.24, 2.45) is 0 Å². The summed E-state index contributed by atoms with van der Waals surface area (Å²) in [7, 11) is 0. The Balaban J connectivity index is 1.71. The number of nitrogens with zero attached hydrogens (tertiary/aromatic N) is 3. The number of nitro benzene ring substituents is 1. The van der Waals surface area contributed by atoms with Crippen LogP contribution in [-0.2, 0) is 9.53 Å². The lowest BCUT2D eigenvalue weighted by Gasteiger charge is -2.20. The van der Waals surface area contributed by atoms with Gasteiger partial charge in [0.25, 0.3) is 11.6 Å². The number of nitro groups is 1. The first kappa shape index (κ1) is 18.4. The van der Waals surface area contributed by atoms with Crippen molar-refractivity contribution in [3.63, 3.8) is 0 Å². The fourth-order valence-corrected chi connectivity index (χ4v) is 2.84. The maximum absolute atomic E-state index is 12.5. The van der Waals surface area contributed by atoms with Crippen molar-refractivity contribution < 1.29 is 23.8 Å². The molecule has 0 unspecified atom stereocenters. The molecule has 1 aliphatic rings. The standard InChI is InChI=1S/C17H18N4O6/c1-11-8-16(27-19-11)18-15(22)10-26-17(23)13-9-12(21(24)25)4-5-14(13)20-6-2-3-7-20/h4-5,8-9H,2-3,6-7,10H2,1H3,(H,18,22). The molecule has 1 aromatic heterocycles. The second-order valence-corrected chi connectivity index (χ2v) is 6.11. The minimum atomic E-state index is -0.801. The summed E-state index contributed by atoms with van der Waals surface area (Å²) in [6.07, 6.45) is 1.95. The lowest BCUT2D eigenvalue weighted by atomic mass is 10.1.